The van der Waals surface area contributed by atoms with E-state index in [1.165, 1.54) is 25.7 Å². The molecule has 0 aromatic rings. The van der Waals surface area contributed by atoms with Crippen molar-refractivity contribution >= 4 is 0 Å². The molecule has 0 saturated carbocycles. The lowest BCUT2D eigenvalue weighted by Crippen LogP contribution is -2.41. The molecule has 2 aliphatic rings. The van der Waals surface area contributed by atoms with Gasteiger partial charge in [0.25, 0.3) is 0 Å². The Morgan fingerprint density at radius 3 is 2.50 bits per heavy atom. The molecule has 1 N–H and O–H groups in total. The summed E-state index contributed by atoms with van der Waals surface area (Å²) in [6, 6.07) is 0. The zero-order valence-electron chi connectivity index (χ0n) is 13.4. The number of hydrogen-bond acceptors (Lipinski definition) is 4. The van der Waals surface area contributed by atoms with E-state index in [1.54, 1.807) is 0 Å². The third kappa shape index (κ3) is 5.32. The molecule has 4 heteroatoms. The van der Waals surface area contributed by atoms with Gasteiger partial charge < -0.3 is 19.7 Å². The molecule has 2 atom stereocenters. The van der Waals surface area contributed by atoms with Crippen molar-refractivity contribution in [2.75, 3.05) is 39.8 Å². The van der Waals surface area contributed by atoms with E-state index in [9.17, 15) is 0 Å². The molecular weight excluding hydrogens is 252 g/mol. The molecule has 0 aliphatic carbocycles. The Morgan fingerprint density at radius 1 is 1.15 bits per heavy atom. The average Bonchev–Trinajstić information content (AvgIpc) is 2.87. The van der Waals surface area contributed by atoms with Crippen molar-refractivity contribution in [2.45, 2.75) is 57.8 Å². The lowest BCUT2D eigenvalue weighted by Gasteiger charge is -2.32. The molecule has 118 valence electrons. The minimum absolute atomic E-state index is 0.426. The van der Waals surface area contributed by atoms with Gasteiger partial charge in [0.05, 0.1) is 18.3 Å². The minimum atomic E-state index is 0.426. The van der Waals surface area contributed by atoms with Gasteiger partial charge in [0, 0.05) is 33.3 Å². The van der Waals surface area contributed by atoms with E-state index in [2.05, 4.69) is 24.1 Å². The van der Waals surface area contributed by atoms with Crippen LogP contribution in [0.25, 0.3) is 0 Å². The van der Waals surface area contributed by atoms with E-state index < -0.39 is 0 Å². The first-order valence-corrected chi connectivity index (χ1v) is 8.28. The number of rotatable bonds is 7. The molecule has 4 nitrogen and oxygen atoms in total. The quantitative estimate of drug-likeness (QED) is 0.774. The zero-order chi connectivity index (χ0) is 14.4. The van der Waals surface area contributed by atoms with Gasteiger partial charge >= 0.3 is 0 Å². The van der Waals surface area contributed by atoms with Crippen LogP contribution in [0.2, 0.25) is 0 Å². The van der Waals surface area contributed by atoms with Crippen molar-refractivity contribution in [2.24, 2.45) is 5.92 Å². The van der Waals surface area contributed by atoms with Gasteiger partial charge in [-0.3, -0.25) is 0 Å². The second-order valence-electron chi connectivity index (χ2n) is 6.75. The molecule has 0 aromatic heterocycles. The van der Waals surface area contributed by atoms with Gasteiger partial charge in [0.15, 0.2) is 0 Å². The van der Waals surface area contributed by atoms with Crippen LogP contribution in [0.4, 0.5) is 0 Å². The minimum Gasteiger partial charge on any atom is -0.381 e. The number of hydrogen-bond donors (Lipinski definition) is 1. The summed E-state index contributed by atoms with van der Waals surface area (Å²) >= 11 is 0. The number of likely N-dealkylation sites (tertiary alicyclic amines) is 1. The third-order valence-corrected chi connectivity index (χ3v) is 4.45. The Labute approximate surface area is 124 Å². The van der Waals surface area contributed by atoms with Gasteiger partial charge in [-0.25, -0.2) is 0 Å². The van der Waals surface area contributed by atoms with Crippen molar-refractivity contribution < 1.29 is 9.47 Å². The monoisotopic (exact) mass is 284 g/mol. The summed E-state index contributed by atoms with van der Waals surface area (Å²) in [4.78, 5) is 2.55. The topological polar surface area (TPSA) is 33.7 Å². The number of nitrogens with zero attached hydrogens (tertiary/aromatic N) is 1. The molecule has 2 rings (SSSR count). The van der Waals surface area contributed by atoms with Crippen LogP contribution in [-0.2, 0) is 9.47 Å². The molecule has 2 unspecified atom stereocenters. The summed E-state index contributed by atoms with van der Waals surface area (Å²) in [5.41, 5.74) is 0. The first-order chi connectivity index (χ1) is 9.67. The normalized spacial score (nSPS) is 29.4. The second-order valence-corrected chi connectivity index (χ2v) is 6.75. The van der Waals surface area contributed by atoms with Crippen molar-refractivity contribution in [1.82, 2.24) is 10.2 Å². The predicted octanol–water partition coefficient (Wildman–Crippen LogP) is 1.89. The molecule has 2 fully saturated rings. The Morgan fingerprint density at radius 2 is 1.85 bits per heavy atom. The van der Waals surface area contributed by atoms with Crippen LogP contribution in [0, 0.1) is 5.92 Å². The van der Waals surface area contributed by atoms with Crippen LogP contribution in [0.15, 0.2) is 0 Å². The molecular formula is C16H32N2O2. The zero-order valence-corrected chi connectivity index (χ0v) is 13.4. The van der Waals surface area contributed by atoms with E-state index in [1.807, 2.05) is 7.11 Å². The predicted molar refractivity (Wildman–Crippen MR) is 82.1 cm³/mol. The molecule has 0 bridgehead atoms. The highest BCUT2D eigenvalue weighted by molar-refractivity contribution is 4.80. The summed E-state index contributed by atoms with van der Waals surface area (Å²) in [7, 11) is 1.83. The number of nitrogens with one attached hydrogen (secondary N) is 1. The standard InChI is InChI=1S/C16H32N2O2/c1-13(2)10-17-11-15-4-5-16(20-15)12-18-8-6-14(19-3)7-9-18/h13-17H,4-12H2,1-3H3. The van der Waals surface area contributed by atoms with Crippen LogP contribution in [0.3, 0.4) is 0 Å². The van der Waals surface area contributed by atoms with Gasteiger partial charge in [0.2, 0.25) is 0 Å². The number of ether oxygens (including phenoxy) is 2. The van der Waals surface area contributed by atoms with Crippen molar-refractivity contribution in [3.05, 3.63) is 0 Å². The molecule has 0 aromatic carbocycles. The molecule has 0 amide bonds. The van der Waals surface area contributed by atoms with Gasteiger partial charge in [-0.1, -0.05) is 13.8 Å². The maximum atomic E-state index is 6.16. The van der Waals surface area contributed by atoms with E-state index in [0.717, 1.165) is 32.7 Å². The van der Waals surface area contributed by atoms with Crippen LogP contribution < -0.4 is 5.32 Å². The van der Waals surface area contributed by atoms with E-state index in [4.69, 9.17) is 9.47 Å². The fourth-order valence-corrected chi connectivity index (χ4v) is 3.21. The van der Waals surface area contributed by atoms with Crippen LogP contribution in [-0.4, -0.2) is 63.0 Å². The van der Waals surface area contributed by atoms with Gasteiger partial charge in [-0.2, -0.15) is 0 Å². The fourth-order valence-electron chi connectivity index (χ4n) is 3.21. The maximum absolute atomic E-state index is 6.16. The molecule has 0 spiro atoms. The molecule has 20 heavy (non-hydrogen) atoms. The maximum Gasteiger partial charge on any atom is 0.0707 e. The van der Waals surface area contributed by atoms with E-state index in [-0.39, 0.29) is 0 Å². The summed E-state index contributed by atoms with van der Waals surface area (Å²) < 4.78 is 11.6. The highest BCUT2D eigenvalue weighted by Gasteiger charge is 2.28. The van der Waals surface area contributed by atoms with Gasteiger partial charge in [-0.05, 0) is 38.1 Å². The first kappa shape index (κ1) is 16.2. The first-order valence-electron chi connectivity index (χ1n) is 8.28. The Balaban J connectivity index is 1.59. The Kier molecular flexibility index (Phi) is 6.75. The van der Waals surface area contributed by atoms with Crippen molar-refractivity contribution in [1.29, 1.82) is 0 Å². The van der Waals surface area contributed by atoms with Gasteiger partial charge in [0.1, 0.15) is 0 Å². The molecule has 0 radical (unpaired) electrons. The van der Waals surface area contributed by atoms with E-state index >= 15 is 0 Å². The van der Waals surface area contributed by atoms with Crippen molar-refractivity contribution in [3.63, 3.8) is 0 Å². The smallest absolute Gasteiger partial charge is 0.0707 e. The number of methoxy groups -OCH3 is 1. The lowest BCUT2D eigenvalue weighted by molar-refractivity contribution is -0.00152. The summed E-state index contributed by atoms with van der Waals surface area (Å²) in [6.45, 7) is 10.0. The molecule has 2 heterocycles. The summed E-state index contributed by atoms with van der Waals surface area (Å²) in [6.07, 6.45) is 6.12. The largest absolute Gasteiger partial charge is 0.381 e. The highest BCUT2D eigenvalue weighted by atomic mass is 16.5. The van der Waals surface area contributed by atoms with Crippen LogP contribution in [0.1, 0.15) is 39.5 Å². The van der Waals surface area contributed by atoms with Crippen LogP contribution in [0.5, 0.6) is 0 Å². The Bertz CT molecular complexity index is 265. The number of piperidine rings is 1. The average molecular weight is 284 g/mol. The highest BCUT2D eigenvalue weighted by Crippen LogP contribution is 2.22. The van der Waals surface area contributed by atoms with Gasteiger partial charge in [-0.15, -0.1) is 0 Å². The second kappa shape index (κ2) is 8.32. The molecule has 2 saturated heterocycles. The van der Waals surface area contributed by atoms with E-state index in [0.29, 0.717) is 24.2 Å². The SMILES string of the molecule is COC1CCN(CC2CCC(CNCC(C)C)O2)CC1. The third-order valence-electron chi connectivity index (χ3n) is 4.45. The molecule has 2 aliphatic heterocycles. The van der Waals surface area contributed by atoms with Crippen LogP contribution >= 0.6 is 0 Å². The summed E-state index contributed by atoms with van der Waals surface area (Å²) in [5.74, 6) is 0.717. The summed E-state index contributed by atoms with van der Waals surface area (Å²) in [5, 5.41) is 3.51. The van der Waals surface area contributed by atoms with Crippen molar-refractivity contribution in [3.8, 4) is 0 Å². The Hall–Kier alpha value is -0.160. The fraction of sp³-hybridized carbons (Fsp3) is 1.00. The lowest BCUT2D eigenvalue weighted by atomic mass is 10.1.